The molecule has 0 saturated heterocycles. The number of amides is 4. The maximum absolute atomic E-state index is 14.1. The number of aromatic nitrogens is 2. The van der Waals surface area contributed by atoms with E-state index in [0.29, 0.717) is 18.7 Å². The van der Waals surface area contributed by atoms with Gasteiger partial charge < -0.3 is 26.6 Å². The van der Waals surface area contributed by atoms with E-state index in [2.05, 4.69) is 36.8 Å². The maximum Gasteiger partial charge on any atom is 0.264 e. The summed E-state index contributed by atoms with van der Waals surface area (Å²) >= 11 is 0. The first-order valence-electron chi connectivity index (χ1n) is 17.8. The van der Waals surface area contributed by atoms with Gasteiger partial charge in [0.25, 0.3) is 21.8 Å². The highest BCUT2D eigenvalue weighted by Gasteiger charge is 2.27. The lowest BCUT2D eigenvalue weighted by Crippen LogP contribution is -2.55. The number of nitrogens with zero attached hydrogens (tertiary/aromatic N) is 2. The van der Waals surface area contributed by atoms with Crippen molar-refractivity contribution < 1.29 is 27.6 Å². The summed E-state index contributed by atoms with van der Waals surface area (Å²) in [5.41, 5.74) is 2.61. The number of benzene rings is 3. The second-order valence-electron chi connectivity index (χ2n) is 13.4. The number of carbonyl (C=O) groups excluding carboxylic acids is 4. The quantitative estimate of drug-likeness (QED) is 0.0891. The third-order valence-corrected chi connectivity index (χ3v) is 10.6. The van der Waals surface area contributed by atoms with Crippen LogP contribution in [-0.2, 0) is 32.6 Å². The molecule has 54 heavy (non-hydrogen) atoms. The molecule has 6 N–H and O–H groups in total. The second kappa shape index (κ2) is 19.0. The lowest BCUT2D eigenvalue weighted by Gasteiger charge is -2.26. The molecule has 0 radical (unpaired) electrons. The fraction of sp³-hybridized carbons (Fsp3) is 0.359. The van der Waals surface area contributed by atoms with E-state index in [1.165, 1.54) is 37.4 Å². The number of hydrogen-bond acceptors (Lipinski definition) is 8. The van der Waals surface area contributed by atoms with Crippen molar-refractivity contribution in [3.8, 4) is 0 Å². The molecule has 0 aliphatic heterocycles. The van der Waals surface area contributed by atoms with E-state index in [-0.39, 0.29) is 52.5 Å². The number of hydrogen-bond donors (Lipinski definition) is 6. The van der Waals surface area contributed by atoms with Gasteiger partial charge in [0.05, 0.1) is 28.9 Å². The average Bonchev–Trinajstić information content (AvgIpc) is 3.68. The van der Waals surface area contributed by atoms with Gasteiger partial charge in [-0.25, -0.2) is 8.42 Å². The van der Waals surface area contributed by atoms with Crippen LogP contribution in [0, 0.1) is 12.8 Å². The summed E-state index contributed by atoms with van der Waals surface area (Å²) in [6.45, 7) is 9.74. The predicted octanol–water partition coefficient (Wildman–Crippen LogP) is 3.07. The number of likely N-dealkylation sites (N-methyl/N-ethyl adjacent to an activating group) is 1. The Bertz CT molecular complexity index is 1990. The number of nitrogens with one attached hydrogen (secondary N) is 6. The molecule has 0 bridgehead atoms. The molecule has 0 fully saturated rings. The highest BCUT2D eigenvalue weighted by atomic mass is 32.2. The summed E-state index contributed by atoms with van der Waals surface area (Å²) in [6, 6.07) is 19.8. The van der Waals surface area contributed by atoms with Crippen LogP contribution in [0.3, 0.4) is 0 Å². The molecule has 0 unspecified atom stereocenters. The highest BCUT2D eigenvalue weighted by Crippen LogP contribution is 2.25. The zero-order valence-corrected chi connectivity index (χ0v) is 32.3. The van der Waals surface area contributed by atoms with Gasteiger partial charge in [0.2, 0.25) is 11.8 Å². The molecular formula is C39H50N8O6S. The van der Waals surface area contributed by atoms with Gasteiger partial charge in [-0.1, -0.05) is 61.9 Å². The zero-order chi connectivity index (χ0) is 39.4. The monoisotopic (exact) mass is 758 g/mol. The number of rotatable bonds is 18. The number of aromatic amines is 1. The van der Waals surface area contributed by atoms with E-state index in [1.54, 1.807) is 31.3 Å². The van der Waals surface area contributed by atoms with Crippen molar-refractivity contribution in [1.29, 1.82) is 0 Å². The Balaban J connectivity index is 1.61. The normalized spacial score (nSPS) is 13.0. The van der Waals surface area contributed by atoms with Gasteiger partial charge in [-0.05, 0) is 75.1 Å². The molecular weight excluding hydrogens is 709 g/mol. The lowest BCUT2D eigenvalue weighted by atomic mass is 10.0. The van der Waals surface area contributed by atoms with Gasteiger partial charge in [0, 0.05) is 43.5 Å². The van der Waals surface area contributed by atoms with Gasteiger partial charge in [-0.3, -0.25) is 28.6 Å². The largest absolute Gasteiger partial charge is 0.355 e. The van der Waals surface area contributed by atoms with Gasteiger partial charge in [-0.2, -0.15) is 5.10 Å². The topological polar surface area (TPSA) is 194 Å². The first-order chi connectivity index (χ1) is 25.7. The van der Waals surface area contributed by atoms with Gasteiger partial charge in [0.15, 0.2) is 0 Å². The van der Waals surface area contributed by atoms with E-state index in [4.69, 9.17) is 0 Å². The van der Waals surface area contributed by atoms with Crippen molar-refractivity contribution in [2.75, 3.05) is 24.4 Å². The van der Waals surface area contributed by atoms with Crippen molar-refractivity contribution >= 4 is 39.3 Å². The fourth-order valence-corrected chi connectivity index (χ4v) is 6.75. The number of carbonyl (C=O) groups is 4. The Hall–Kier alpha value is -5.54. The molecule has 4 rings (SSSR count). The van der Waals surface area contributed by atoms with E-state index >= 15 is 0 Å². The smallest absolute Gasteiger partial charge is 0.264 e. The summed E-state index contributed by atoms with van der Waals surface area (Å²) in [7, 11) is -2.71. The summed E-state index contributed by atoms with van der Waals surface area (Å²) in [5.74, 6) is -1.88. The molecule has 0 saturated carbocycles. The first kappa shape index (κ1) is 41.2. The van der Waals surface area contributed by atoms with Crippen molar-refractivity contribution in [3.63, 3.8) is 0 Å². The van der Waals surface area contributed by atoms with Crippen molar-refractivity contribution in [2.45, 2.75) is 70.6 Å². The van der Waals surface area contributed by atoms with Crippen LogP contribution in [0.1, 0.15) is 65.2 Å². The van der Waals surface area contributed by atoms with Crippen molar-refractivity contribution in [3.05, 3.63) is 113 Å². The molecule has 0 aliphatic carbocycles. The molecule has 3 aromatic carbocycles. The number of anilines is 1. The summed E-state index contributed by atoms with van der Waals surface area (Å²) in [6.07, 6.45) is 2.01. The lowest BCUT2D eigenvalue weighted by molar-refractivity contribution is -0.130. The molecule has 1 aromatic heterocycles. The molecule has 15 heteroatoms. The number of sulfonamides is 1. The summed E-state index contributed by atoms with van der Waals surface area (Å²) in [4.78, 5) is 53.3. The molecule has 288 valence electrons. The fourth-order valence-electron chi connectivity index (χ4n) is 5.58. The molecule has 0 aliphatic rings. The van der Waals surface area contributed by atoms with Crippen molar-refractivity contribution in [2.24, 2.45) is 5.92 Å². The van der Waals surface area contributed by atoms with Crippen molar-refractivity contribution in [1.82, 2.24) is 36.8 Å². The van der Waals surface area contributed by atoms with Crippen LogP contribution >= 0.6 is 0 Å². The third-order valence-electron chi connectivity index (χ3n) is 8.80. The number of aryl methyl sites for hydroxylation is 1. The molecule has 4 amide bonds. The third kappa shape index (κ3) is 11.2. The standard InChI is InChI=1S/C39H50N8O6S/c1-7-40-39(51)35(25(2)3)45-36(48)27(5)41-24-32(19-28-11-9-8-10-12-28)44-38(50)30-20-29(37(49)42-23-31-17-18-43-46-31)21-33(22-30)47(6)54(52,53)34-15-13-26(4)14-16-34/h8-18,20-22,25,27,32,35,41H,7,19,23-24H2,1-6H3,(H,40,51)(H,42,49)(H,43,46)(H,44,50)(H,45,48)/t27-,32-,35-/m0/s1. The molecule has 0 spiro atoms. The van der Waals surface area contributed by atoms with Crippen LogP contribution < -0.4 is 30.9 Å². The Kier molecular flexibility index (Phi) is 14.5. The molecule has 1 heterocycles. The van der Waals surface area contributed by atoms with E-state index < -0.39 is 40.0 Å². The Morgan fingerprint density at radius 1 is 0.833 bits per heavy atom. The molecule has 14 nitrogen and oxygen atoms in total. The van der Waals surface area contributed by atoms with E-state index in [1.807, 2.05) is 58.0 Å². The van der Waals surface area contributed by atoms with Gasteiger partial charge in [-0.15, -0.1) is 0 Å². The van der Waals surface area contributed by atoms with Crippen LogP contribution in [-0.4, -0.2) is 80.5 Å². The van der Waals surface area contributed by atoms with Gasteiger partial charge >= 0.3 is 0 Å². The van der Waals surface area contributed by atoms with E-state index in [9.17, 15) is 27.6 Å². The molecule has 3 atom stereocenters. The SMILES string of the molecule is CCNC(=O)[C@@H](NC(=O)[C@H](C)NC[C@H](Cc1ccccc1)NC(=O)c1cc(C(=O)NCc2cc[nH]n2)cc(N(C)S(=O)(=O)c2ccc(C)cc2)c1)C(C)C. The summed E-state index contributed by atoms with van der Waals surface area (Å²) < 4.78 is 28.4. The van der Waals surface area contributed by atoms with E-state index in [0.717, 1.165) is 15.4 Å². The Morgan fingerprint density at radius 2 is 1.50 bits per heavy atom. The van der Waals surface area contributed by atoms with Crippen LogP contribution in [0.2, 0.25) is 0 Å². The minimum atomic E-state index is -4.07. The highest BCUT2D eigenvalue weighted by molar-refractivity contribution is 7.92. The summed E-state index contributed by atoms with van der Waals surface area (Å²) in [5, 5.41) is 21.3. The molecule has 4 aromatic rings. The second-order valence-corrected chi connectivity index (χ2v) is 15.4. The van der Waals surface area contributed by atoms with Crippen LogP contribution in [0.4, 0.5) is 5.69 Å². The predicted molar refractivity (Wildman–Crippen MR) is 207 cm³/mol. The Morgan fingerprint density at radius 3 is 2.11 bits per heavy atom. The first-order valence-corrected chi connectivity index (χ1v) is 19.3. The van der Waals surface area contributed by atoms with Crippen LogP contribution in [0.5, 0.6) is 0 Å². The van der Waals surface area contributed by atoms with Crippen LogP contribution in [0.25, 0.3) is 0 Å². The van der Waals surface area contributed by atoms with Crippen LogP contribution in [0.15, 0.2) is 90.0 Å². The number of H-pyrrole nitrogens is 1. The van der Waals surface area contributed by atoms with Gasteiger partial charge in [0.1, 0.15) is 6.04 Å². The average molecular weight is 759 g/mol. The Labute approximate surface area is 316 Å². The minimum Gasteiger partial charge on any atom is -0.355 e. The minimum absolute atomic E-state index is 0.0489. The zero-order valence-electron chi connectivity index (χ0n) is 31.5. The maximum atomic E-state index is 14.1.